The molecule has 0 radical (unpaired) electrons. The minimum Gasteiger partial charge on any atom is -0.399 e. The molecule has 1 aromatic heterocycles. The fourth-order valence-electron chi connectivity index (χ4n) is 3.00. The number of hydrogen-bond donors (Lipinski definition) is 0. The average molecular weight is 438 g/mol. The normalized spacial score (nSPS) is 15.9. The lowest BCUT2D eigenvalue weighted by atomic mass is 10.1. The van der Waals surface area contributed by atoms with Gasteiger partial charge in [0.15, 0.2) is 5.69 Å². The number of nitrogens with zero attached hydrogens (tertiary/aromatic N) is 5. The summed E-state index contributed by atoms with van der Waals surface area (Å²) in [5, 5.41) is 8.31. The molecule has 3 rings (SSSR count). The standard InChI is InChI=1S/C18H21BrFN5O2/c1-23-11-15(19)17(21-23)18(26)25-9-7-24(8-10-25)12-16(22-27-2)13-3-5-14(20)6-4-13/h3-6,11H,7-10,12H2,1-2H3/b22-16+. The molecule has 1 aromatic carbocycles. The Morgan fingerprint density at radius 1 is 1.26 bits per heavy atom. The van der Waals surface area contributed by atoms with Gasteiger partial charge in [-0.2, -0.15) is 5.10 Å². The number of amides is 1. The predicted octanol–water partition coefficient (Wildman–Crippen LogP) is 2.13. The molecule has 27 heavy (non-hydrogen) atoms. The smallest absolute Gasteiger partial charge is 0.275 e. The van der Waals surface area contributed by atoms with E-state index in [4.69, 9.17) is 4.84 Å². The molecule has 144 valence electrons. The van der Waals surface area contributed by atoms with Gasteiger partial charge in [0.05, 0.1) is 4.47 Å². The molecule has 9 heteroatoms. The fraction of sp³-hybridized carbons (Fsp3) is 0.389. The fourth-order valence-corrected chi connectivity index (χ4v) is 3.55. The van der Waals surface area contributed by atoms with Crippen LogP contribution < -0.4 is 0 Å². The number of oxime groups is 1. The average Bonchev–Trinajstić information content (AvgIpc) is 3.00. The van der Waals surface area contributed by atoms with Crippen molar-refractivity contribution in [1.82, 2.24) is 19.6 Å². The predicted molar refractivity (Wildman–Crippen MR) is 103 cm³/mol. The molecule has 1 amide bonds. The van der Waals surface area contributed by atoms with E-state index in [2.05, 4.69) is 31.1 Å². The van der Waals surface area contributed by atoms with Crippen LogP contribution in [0.1, 0.15) is 16.1 Å². The topological polar surface area (TPSA) is 63.0 Å². The zero-order chi connectivity index (χ0) is 19.4. The Labute approximate surface area is 165 Å². The SMILES string of the molecule is CO/N=C(\CN1CCN(C(=O)c2nn(C)cc2Br)CC1)c1ccc(F)cc1. The van der Waals surface area contributed by atoms with E-state index in [-0.39, 0.29) is 11.7 Å². The van der Waals surface area contributed by atoms with E-state index < -0.39 is 0 Å². The Kier molecular flexibility index (Phi) is 6.22. The highest BCUT2D eigenvalue weighted by Crippen LogP contribution is 2.17. The third-order valence-corrected chi connectivity index (χ3v) is 4.98. The van der Waals surface area contributed by atoms with Crippen LogP contribution >= 0.6 is 15.9 Å². The number of rotatable bonds is 5. The lowest BCUT2D eigenvalue weighted by molar-refractivity contribution is 0.0645. The van der Waals surface area contributed by atoms with E-state index in [1.54, 1.807) is 35.0 Å². The first kappa shape index (κ1) is 19.5. The van der Waals surface area contributed by atoms with Gasteiger partial charge < -0.3 is 9.74 Å². The molecule has 0 spiro atoms. The summed E-state index contributed by atoms with van der Waals surface area (Å²) >= 11 is 3.38. The molecule has 2 aromatic rings. The Morgan fingerprint density at radius 3 is 2.48 bits per heavy atom. The number of carbonyl (C=O) groups excluding carboxylic acids is 1. The van der Waals surface area contributed by atoms with E-state index in [1.165, 1.54) is 19.2 Å². The van der Waals surface area contributed by atoms with Crippen LogP contribution in [0.15, 0.2) is 40.1 Å². The van der Waals surface area contributed by atoms with Gasteiger partial charge in [0.1, 0.15) is 18.6 Å². The molecule has 0 aliphatic carbocycles. The lowest BCUT2D eigenvalue weighted by Crippen LogP contribution is -2.50. The third kappa shape index (κ3) is 4.72. The number of hydrogen-bond acceptors (Lipinski definition) is 5. The van der Waals surface area contributed by atoms with Crippen molar-refractivity contribution in [3.05, 3.63) is 52.0 Å². The van der Waals surface area contributed by atoms with Gasteiger partial charge in [-0.05, 0) is 28.1 Å². The van der Waals surface area contributed by atoms with Crippen LogP contribution in [0.3, 0.4) is 0 Å². The molecule has 0 atom stereocenters. The van der Waals surface area contributed by atoms with Gasteiger partial charge in [-0.3, -0.25) is 14.4 Å². The van der Waals surface area contributed by atoms with E-state index in [1.807, 2.05) is 0 Å². The van der Waals surface area contributed by atoms with Crippen molar-refractivity contribution in [2.75, 3.05) is 39.8 Å². The molecule has 1 aliphatic heterocycles. The molecule has 0 saturated carbocycles. The minimum absolute atomic E-state index is 0.0774. The van der Waals surface area contributed by atoms with Crippen LogP contribution in [-0.2, 0) is 11.9 Å². The Morgan fingerprint density at radius 2 is 1.93 bits per heavy atom. The molecular formula is C18H21BrFN5O2. The second kappa shape index (κ2) is 8.62. The first-order valence-corrected chi connectivity index (χ1v) is 9.34. The third-order valence-electron chi connectivity index (χ3n) is 4.40. The highest BCUT2D eigenvalue weighted by Gasteiger charge is 2.26. The van der Waals surface area contributed by atoms with E-state index in [0.717, 1.165) is 11.3 Å². The van der Waals surface area contributed by atoms with Gasteiger partial charge in [-0.1, -0.05) is 17.3 Å². The molecule has 1 fully saturated rings. The second-order valence-corrected chi connectivity index (χ2v) is 7.15. The van der Waals surface area contributed by atoms with Gasteiger partial charge in [-0.25, -0.2) is 4.39 Å². The van der Waals surface area contributed by atoms with Crippen LogP contribution in [-0.4, -0.2) is 71.0 Å². The van der Waals surface area contributed by atoms with Gasteiger partial charge in [0.2, 0.25) is 0 Å². The summed E-state index contributed by atoms with van der Waals surface area (Å²) < 4.78 is 15.5. The van der Waals surface area contributed by atoms with Crippen molar-refractivity contribution >= 4 is 27.5 Å². The van der Waals surface area contributed by atoms with Gasteiger partial charge in [0.25, 0.3) is 5.91 Å². The largest absolute Gasteiger partial charge is 0.399 e. The van der Waals surface area contributed by atoms with E-state index in [0.29, 0.717) is 42.9 Å². The molecule has 2 heterocycles. The highest BCUT2D eigenvalue weighted by molar-refractivity contribution is 9.10. The number of aromatic nitrogens is 2. The molecule has 1 aliphatic rings. The summed E-state index contributed by atoms with van der Waals surface area (Å²) in [5.41, 5.74) is 1.97. The molecule has 0 N–H and O–H groups in total. The molecule has 7 nitrogen and oxygen atoms in total. The number of aryl methyl sites for hydroxylation is 1. The summed E-state index contributed by atoms with van der Waals surface area (Å²) in [5.74, 6) is -0.366. The maximum absolute atomic E-state index is 13.2. The molecule has 0 bridgehead atoms. The summed E-state index contributed by atoms with van der Waals surface area (Å²) in [6, 6.07) is 6.18. The highest BCUT2D eigenvalue weighted by atomic mass is 79.9. The van der Waals surface area contributed by atoms with Crippen LogP contribution in [0.25, 0.3) is 0 Å². The Bertz CT molecular complexity index is 829. The van der Waals surface area contributed by atoms with Crippen molar-refractivity contribution in [2.24, 2.45) is 12.2 Å². The van der Waals surface area contributed by atoms with Crippen molar-refractivity contribution in [2.45, 2.75) is 0 Å². The van der Waals surface area contributed by atoms with Crippen LogP contribution in [0.5, 0.6) is 0 Å². The lowest BCUT2D eigenvalue weighted by Gasteiger charge is -2.34. The minimum atomic E-state index is -0.289. The van der Waals surface area contributed by atoms with Crippen LogP contribution in [0.2, 0.25) is 0 Å². The second-order valence-electron chi connectivity index (χ2n) is 6.30. The molecule has 1 saturated heterocycles. The summed E-state index contributed by atoms with van der Waals surface area (Å²) in [7, 11) is 3.27. The van der Waals surface area contributed by atoms with E-state index in [9.17, 15) is 9.18 Å². The van der Waals surface area contributed by atoms with Crippen molar-refractivity contribution in [1.29, 1.82) is 0 Å². The van der Waals surface area contributed by atoms with Gasteiger partial charge in [0, 0.05) is 51.5 Å². The molecule has 0 unspecified atom stereocenters. The first-order chi connectivity index (χ1) is 13.0. The summed E-state index contributed by atoms with van der Waals surface area (Å²) in [4.78, 5) is 21.6. The number of carbonyl (C=O) groups is 1. The van der Waals surface area contributed by atoms with Gasteiger partial charge >= 0.3 is 0 Å². The Hall–Kier alpha value is -2.26. The quantitative estimate of drug-likeness (QED) is 0.530. The van der Waals surface area contributed by atoms with Crippen LogP contribution in [0, 0.1) is 5.82 Å². The van der Waals surface area contributed by atoms with Gasteiger partial charge in [-0.15, -0.1) is 0 Å². The van der Waals surface area contributed by atoms with Crippen molar-refractivity contribution in [3.8, 4) is 0 Å². The zero-order valence-corrected chi connectivity index (χ0v) is 16.8. The zero-order valence-electron chi connectivity index (χ0n) is 15.2. The van der Waals surface area contributed by atoms with Crippen molar-refractivity contribution in [3.63, 3.8) is 0 Å². The Balaban J connectivity index is 1.61. The monoisotopic (exact) mass is 437 g/mol. The maximum atomic E-state index is 13.2. The number of halogens is 2. The summed E-state index contributed by atoms with van der Waals surface area (Å²) in [6.07, 6.45) is 1.76. The first-order valence-electron chi connectivity index (χ1n) is 8.54. The number of benzene rings is 1. The summed E-state index contributed by atoms with van der Waals surface area (Å²) in [6.45, 7) is 3.19. The molecular weight excluding hydrogens is 417 g/mol. The van der Waals surface area contributed by atoms with Crippen LogP contribution in [0.4, 0.5) is 4.39 Å². The number of piperazine rings is 1. The maximum Gasteiger partial charge on any atom is 0.275 e. The van der Waals surface area contributed by atoms with Crippen molar-refractivity contribution < 1.29 is 14.0 Å². The van der Waals surface area contributed by atoms with E-state index >= 15 is 0 Å².